The van der Waals surface area contributed by atoms with Crippen molar-refractivity contribution in [2.75, 3.05) is 38.8 Å². The molecule has 3 heterocycles. The summed E-state index contributed by atoms with van der Waals surface area (Å²) in [6, 6.07) is 6.21. The van der Waals surface area contributed by atoms with Crippen molar-refractivity contribution in [1.82, 2.24) is 4.90 Å². The molecule has 6 heteroatoms. The van der Waals surface area contributed by atoms with Crippen molar-refractivity contribution < 1.29 is 19.0 Å². The molecule has 2 saturated heterocycles. The van der Waals surface area contributed by atoms with E-state index in [-0.39, 0.29) is 5.92 Å². The molecule has 3 aliphatic heterocycles. The lowest BCUT2D eigenvalue weighted by Gasteiger charge is -2.28. The van der Waals surface area contributed by atoms with Gasteiger partial charge >= 0.3 is 0 Å². The predicted octanol–water partition coefficient (Wildman–Crippen LogP) is 2.85. The molecule has 0 aromatic heterocycles. The van der Waals surface area contributed by atoms with E-state index in [1.807, 2.05) is 17.8 Å². The Kier molecular flexibility index (Phi) is 4.85. The van der Waals surface area contributed by atoms with Gasteiger partial charge in [0.05, 0.1) is 0 Å². The molecule has 1 unspecified atom stereocenters. The monoisotopic (exact) mass is 349 g/mol. The van der Waals surface area contributed by atoms with E-state index in [9.17, 15) is 4.79 Å². The van der Waals surface area contributed by atoms with Gasteiger partial charge in [-0.1, -0.05) is 6.07 Å². The van der Waals surface area contributed by atoms with Gasteiger partial charge in [-0.3, -0.25) is 4.79 Å². The number of fused-ring (bicyclic) bond motifs is 1. The molecule has 24 heavy (non-hydrogen) atoms. The van der Waals surface area contributed by atoms with Crippen LogP contribution in [0.4, 0.5) is 0 Å². The zero-order valence-corrected chi connectivity index (χ0v) is 14.6. The van der Waals surface area contributed by atoms with Gasteiger partial charge in [0, 0.05) is 43.2 Å². The van der Waals surface area contributed by atoms with Crippen molar-refractivity contribution in [2.24, 2.45) is 5.92 Å². The Labute approximate surface area is 146 Å². The third kappa shape index (κ3) is 3.35. The summed E-state index contributed by atoms with van der Waals surface area (Å²) in [7, 11) is 0. The molecule has 5 nitrogen and oxygen atoms in total. The number of ether oxygens (including phenoxy) is 3. The van der Waals surface area contributed by atoms with E-state index in [0.717, 1.165) is 62.8 Å². The van der Waals surface area contributed by atoms with Crippen LogP contribution < -0.4 is 9.47 Å². The quantitative estimate of drug-likeness (QED) is 0.822. The van der Waals surface area contributed by atoms with Crippen LogP contribution in [0, 0.1) is 5.92 Å². The van der Waals surface area contributed by atoms with Crippen LogP contribution in [0.15, 0.2) is 18.2 Å². The number of rotatable bonds is 2. The molecule has 0 bridgehead atoms. The number of hydrogen-bond acceptors (Lipinski definition) is 5. The molecule has 130 valence electrons. The molecule has 2 fully saturated rings. The van der Waals surface area contributed by atoms with E-state index < -0.39 is 0 Å². The smallest absolute Gasteiger partial charge is 0.231 e. The highest BCUT2D eigenvalue weighted by Gasteiger charge is 2.29. The van der Waals surface area contributed by atoms with Gasteiger partial charge in [0.15, 0.2) is 11.5 Å². The first-order chi connectivity index (χ1) is 11.8. The van der Waals surface area contributed by atoms with E-state index in [0.29, 0.717) is 18.0 Å². The Morgan fingerprint density at radius 3 is 2.79 bits per heavy atom. The lowest BCUT2D eigenvalue weighted by molar-refractivity contribution is -0.138. The average Bonchev–Trinajstić information content (AvgIpc) is 2.96. The van der Waals surface area contributed by atoms with Gasteiger partial charge in [0.2, 0.25) is 12.7 Å². The number of carbonyl (C=O) groups is 1. The van der Waals surface area contributed by atoms with Crippen molar-refractivity contribution in [3.05, 3.63) is 23.8 Å². The molecule has 0 saturated carbocycles. The summed E-state index contributed by atoms with van der Waals surface area (Å²) in [6.45, 7) is 3.44. The average molecular weight is 349 g/mol. The molecule has 0 spiro atoms. The van der Waals surface area contributed by atoms with Crippen LogP contribution in [0.1, 0.15) is 30.1 Å². The van der Waals surface area contributed by atoms with Gasteiger partial charge in [-0.2, -0.15) is 11.8 Å². The van der Waals surface area contributed by atoms with E-state index in [1.165, 1.54) is 5.56 Å². The molecular weight excluding hydrogens is 326 g/mol. The lowest BCUT2D eigenvalue weighted by Crippen LogP contribution is -2.39. The lowest BCUT2D eigenvalue weighted by atomic mass is 9.98. The van der Waals surface area contributed by atoms with Crippen molar-refractivity contribution in [3.63, 3.8) is 0 Å². The van der Waals surface area contributed by atoms with Crippen molar-refractivity contribution in [2.45, 2.75) is 24.5 Å². The normalized spacial score (nSPS) is 24.7. The first kappa shape index (κ1) is 16.1. The van der Waals surface area contributed by atoms with Crippen LogP contribution in [0.5, 0.6) is 11.5 Å². The molecule has 1 amide bonds. The summed E-state index contributed by atoms with van der Waals surface area (Å²) in [5.41, 5.74) is 1.27. The molecular formula is C18H23NO4S. The van der Waals surface area contributed by atoms with Crippen LogP contribution >= 0.6 is 11.8 Å². The highest BCUT2D eigenvalue weighted by atomic mass is 32.2. The SMILES string of the molecule is O=C(C1CCOCC1)N1CCSC(c2ccc3c(c2)OCO3)CC1. The van der Waals surface area contributed by atoms with Crippen LogP contribution in [0.3, 0.4) is 0 Å². The summed E-state index contributed by atoms with van der Waals surface area (Å²) in [4.78, 5) is 14.8. The highest BCUT2D eigenvalue weighted by molar-refractivity contribution is 7.99. The first-order valence-corrected chi connectivity index (χ1v) is 9.74. The Hall–Kier alpha value is -1.40. The minimum atomic E-state index is 0.158. The Bertz CT molecular complexity index is 603. The molecule has 4 rings (SSSR count). The summed E-state index contributed by atoms with van der Waals surface area (Å²) in [5.74, 6) is 3.13. The fraction of sp³-hybridized carbons (Fsp3) is 0.611. The van der Waals surface area contributed by atoms with Crippen molar-refractivity contribution in [1.29, 1.82) is 0 Å². The summed E-state index contributed by atoms with van der Waals surface area (Å²) < 4.78 is 16.3. The van der Waals surface area contributed by atoms with Gasteiger partial charge < -0.3 is 19.1 Å². The van der Waals surface area contributed by atoms with E-state index in [1.54, 1.807) is 0 Å². The Morgan fingerprint density at radius 2 is 1.92 bits per heavy atom. The van der Waals surface area contributed by atoms with E-state index >= 15 is 0 Å². The zero-order valence-electron chi connectivity index (χ0n) is 13.7. The third-order valence-electron chi connectivity index (χ3n) is 4.99. The fourth-order valence-corrected chi connectivity index (χ4v) is 4.79. The number of benzene rings is 1. The topological polar surface area (TPSA) is 48.0 Å². The van der Waals surface area contributed by atoms with Crippen LogP contribution in [0.2, 0.25) is 0 Å². The maximum Gasteiger partial charge on any atom is 0.231 e. The fourth-order valence-electron chi connectivity index (χ4n) is 3.57. The largest absolute Gasteiger partial charge is 0.454 e. The maximum absolute atomic E-state index is 12.7. The molecule has 1 atom stereocenters. The second-order valence-corrected chi connectivity index (χ2v) is 7.78. The van der Waals surface area contributed by atoms with Crippen molar-refractivity contribution in [3.8, 4) is 11.5 Å². The minimum absolute atomic E-state index is 0.158. The third-order valence-corrected chi connectivity index (χ3v) is 6.32. The molecule has 1 aromatic rings. The van der Waals surface area contributed by atoms with E-state index in [2.05, 4.69) is 17.0 Å². The standard InChI is InChI=1S/C18H23NO4S/c20-18(13-4-8-21-9-5-13)19-6-3-17(24-10-7-19)14-1-2-15-16(11-14)23-12-22-15/h1-2,11,13,17H,3-10,12H2. The Morgan fingerprint density at radius 1 is 1.08 bits per heavy atom. The molecule has 0 aliphatic carbocycles. The number of amides is 1. The summed E-state index contributed by atoms with van der Waals surface area (Å²) >= 11 is 1.94. The van der Waals surface area contributed by atoms with Crippen LogP contribution in [-0.2, 0) is 9.53 Å². The molecule has 0 N–H and O–H groups in total. The van der Waals surface area contributed by atoms with Gasteiger partial charge in [0.25, 0.3) is 0 Å². The molecule has 3 aliphatic rings. The molecule has 1 aromatic carbocycles. The number of carbonyl (C=O) groups excluding carboxylic acids is 1. The Balaban J connectivity index is 1.40. The minimum Gasteiger partial charge on any atom is -0.454 e. The van der Waals surface area contributed by atoms with Crippen LogP contribution in [0.25, 0.3) is 0 Å². The predicted molar refractivity (Wildman–Crippen MR) is 92.5 cm³/mol. The van der Waals surface area contributed by atoms with Gasteiger partial charge in [-0.05, 0) is 37.0 Å². The van der Waals surface area contributed by atoms with Gasteiger partial charge in [-0.15, -0.1) is 0 Å². The van der Waals surface area contributed by atoms with E-state index in [4.69, 9.17) is 14.2 Å². The highest BCUT2D eigenvalue weighted by Crippen LogP contribution is 2.40. The number of hydrogen-bond donors (Lipinski definition) is 0. The van der Waals surface area contributed by atoms with Crippen molar-refractivity contribution >= 4 is 17.7 Å². The maximum atomic E-state index is 12.7. The van der Waals surface area contributed by atoms with Gasteiger partial charge in [-0.25, -0.2) is 0 Å². The second kappa shape index (κ2) is 7.23. The molecule has 0 radical (unpaired) electrons. The van der Waals surface area contributed by atoms with Crippen LogP contribution in [-0.4, -0.2) is 49.7 Å². The van der Waals surface area contributed by atoms with Gasteiger partial charge in [0.1, 0.15) is 0 Å². The second-order valence-electron chi connectivity index (χ2n) is 6.47. The number of thioether (sulfide) groups is 1. The summed E-state index contributed by atoms with van der Waals surface area (Å²) in [6.07, 6.45) is 2.72. The zero-order chi connectivity index (χ0) is 16.4. The number of nitrogens with zero attached hydrogens (tertiary/aromatic N) is 1. The summed E-state index contributed by atoms with van der Waals surface area (Å²) in [5, 5.41) is 0.409. The first-order valence-electron chi connectivity index (χ1n) is 8.69.